The van der Waals surface area contributed by atoms with Crippen LogP contribution in [0, 0.1) is 17.7 Å². The number of halogens is 2. The Balaban J connectivity index is 1.65. The van der Waals surface area contributed by atoms with Gasteiger partial charge in [-0.15, -0.1) is 0 Å². The van der Waals surface area contributed by atoms with E-state index in [1.54, 1.807) is 12.1 Å². The van der Waals surface area contributed by atoms with Crippen LogP contribution in [0.25, 0.3) is 0 Å². The van der Waals surface area contributed by atoms with Gasteiger partial charge in [0.15, 0.2) is 0 Å². The number of hydrogen-bond acceptors (Lipinski definition) is 1. The molecule has 2 saturated carbocycles. The lowest BCUT2D eigenvalue weighted by Gasteiger charge is -2.26. The smallest absolute Gasteiger partial charge is 0.124 e. The van der Waals surface area contributed by atoms with Crippen molar-refractivity contribution >= 4 is 15.9 Å². The highest BCUT2D eigenvalue weighted by molar-refractivity contribution is 9.10. The molecule has 2 atom stereocenters. The van der Waals surface area contributed by atoms with E-state index >= 15 is 0 Å². The highest BCUT2D eigenvalue weighted by Crippen LogP contribution is 2.32. The Bertz CT molecular complexity index is 452. The van der Waals surface area contributed by atoms with Crippen molar-refractivity contribution in [2.45, 2.75) is 57.4 Å². The Labute approximate surface area is 135 Å². The second-order valence-electron chi connectivity index (χ2n) is 6.82. The second kappa shape index (κ2) is 7.23. The molecule has 0 bridgehead atoms. The summed E-state index contributed by atoms with van der Waals surface area (Å²) in [4.78, 5) is 0. The predicted molar refractivity (Wildman–Crippen MR) is 88.9 cm³/mol. The lowest BCUT2D eigenvalue weighted by molar-refractivity contribution is 0.296. The van der Waals surface area contributed by atoms with E-state index in [1.165, 1.54) is 44.9 Å². The SMILES string of the molecule is Fc1cc(Br)cc(CC2CCCCCC2CNC2CC2)c1. The fourth-order valence-corrected chi connectivity index (χ4v) is 4.15. The molecule has 1 aromatic carbocycles. The number of hydrogen-bond donors (Lipinski definition) is 1. The van der Waals surface area contributed by atoms with Gasteiger partial charge in [-0.2, -0.15) is 0 Å². The number of benzene rings is 1. The van der Waals surface area contributed by atoms with Gasteiger partial charge < -0.3 is 5.32 Å². The molecule has 116 valence electrons. The van der Waals surface area contributed by atoms with Crippen LogP contribution in [-0.4, -0.2) is 12.6 Å². The highest BCUT2D eigenvalue weighted by Gasteiger charge is 2.27. The summed E-state index contributed by atoms with van der Waals surface area (Å²) in [6.45, 7) is 1.16. The fraction of sp³-hybridized carbons (Fsp3) is 0.667. The Morgan fingerprint density at radius 2 is 1.76 bits per heavy atom. The van der Waals surface area contributed by atoms with Crippen LogP contribution in [0.1, 0.15) is 50.5 Å². The average molecular weight is 354 g/mol. The molecule has 2 aliphatic rings. The maximum absolute atomic E-state index is 13.6. The Kier molecular flexibility index (Phi) is 5.33. The van der Waals surface area contributed by atoms with Gasteiger partial charge in [-0.05, 0) is 74.2 Å². The summed E-state index contributed by atoms with van der Waals surface area (Å²) in [5.74, 6) is 1.34. The van der Waals surface area contributed by atoms with E-state index < -0.39 is 0 Å². The molecule has 1 N–H and O–H groups in total. The monoisotopic (exact) mass is 353 g/mol. The summed E-state index contributed by atoms with van der Waals surface area (Å²) in [5, 5.41) is 3.71. The number of rotatable bonds is 5. The van der Waals surface area contributed by atoms with E-state index in [1.807, 2.05) is 0 Å². The van der Waals surface area contributed by atoms with Crippen molar-refractivity contribution in [2.24, 2.45) is 11.8 Å². The second-order valence-corrected chi connectivity index (χ2v) is 7.74. The highest BCUT2D eigenvalue weighted by atomic mass is 79.9. The third kappa shape index (κ3) is 4.79. The fourth-order valence-electron chi connectivity index (χ4n) is 3.64. The Hall–Kier alpha value is -0.410. The molecule has 2 aliphatic carbocycles. The van der Waals surface area contributed by atoms with Crippen LogP contribution in [0.5, 0.6) is 0 Å². The molecule has 1 aromatic rings. The van der Waals surface area contributed by atoms with Gasteiger partial charge in [0.25, 0.3) is 0 Å². The molecule has 0 heterocycles. The van der Waals surface area contributed by atoms with Gasteiger partial charge in [-0.3, -0.25) is 0 Å². The summed E-state index contributed by atoms with van der Waals surface area (Å²) in [7, 11) is 0. The molecule has 0 radical (unpaired) electrons. The van der Waals surface area contributed by atoms with Crippen LogP contribution in [-0.2, 0) is 6.42 Å². The first-order valence-electron chi connectivity index (χ1n) is 8.39. The Morgan fingerprint density at radius 1 is 1.00 bits per heavy atom. The van der Waals surface area contributed by atoms with Crippen molar-refractivity contribution in [2.75, 3.05) is 6.54 Å². The van der Waals surface area contributed by atoms with Gasteiger partial charge in [-0.25, -0.2) is 4.39 Å². The van der Waals surface area contributed by atoms with Crippen molar-refractivity contribution in [1.29, 1.82) is 0 Å². The van der Waals surface area contributed by atoms with E-state index in [9.17, 15) is 4.39 Å². The van der Waals surface area contributed by atoms with Crippen molar-refractivity contribution in [3.05, 3.63) is 34.1 Å². The van der Waals surface area contributed by atoms with Gasteiger partial charge in [0, 0.05) is 10.5 Å². The standard InChI is InChI=1S/C18H25BrFN/c19-16-9-13(10-17(20)11-16)8-14-4-2-1-3-5-15(14)12-21-18-6-7-18/h9-11,14-15,18,21H,1-8,12H2. The van der Waals surface area contributed by atoms with Crippen LogP contribution < -0.4 is 5.32 Å². The van der Waals surface area contributed by atoms with Gasteiger partial charge in [-0.1, -0.05) is 35.2 Å². The molecule has 3 rings (SSSR count). The maximum atomic E-state index is 13.6. The largest absolute Gasteiger partial charge is 0.314 e. The first-order valence-corrected chi connectivity index (χ1v) is 9.18. The molecule has 0 aliphatic heterocycles. The van der Waals surface area contributed by atoms with Crippen LogP contribution in [0.2, 0.25) is 0 Å². The normalized spacial score (nSPS) is 26.6. The minimum atomic E-state index is -0.124. The number of nitrogens with one attached hydrogen (secondary N) is 1. The maximum Gasteiger partial charge on any atom is 0.124 e. The Morgan fingerprint density at radius 3 is 2.48 bits per heavy atom. The topological polar surface area (TPSA) is 12.0 Å². The van der Waals surface area contributed by atoms with Gasteiger partial charge in [0.1, 0.15) is 5.82 Å². The minimum absolute atomic E-state index is 0.124. The summed E-state index contributed by atoms with van der Waals surface area (Å²) in [6.07, 6.45) is 10.4. The van der Waals surface area contributed by atoms with E-state index in [0.717, 1.165) is 35.0 Å². The van der Waals surface area contributed by atoms with Crippen molar-refractivity contribution in [1.82, 2.24) is 5.32 Å². The summed E-state index contributed by atoms with van der Waals surface area (Å²) >= 11 is 3.41. The zero-order valence-corrected chi connectivity index (χ0v) is 14.2. The first-order chi connectivity index (χ1) is 10.2. The third-order valence-electron chi connectivity index (χ3n) is 4.98. The van der Waals surface area contributed by atoms with E-state index in [0.29, 0.717) is 5.92 Å². The molecule has 21 heavy (non-hydrogen) atoms. The molecule has 2 unspecified atom stereocenters. The minimum Gasteiger partial charge on any atom is -0.314 e. The molecular weight excluding hydrogens is 329 g/mol. The van der Waals surface area contributed by atoms with E-state index in [2.05, 4.69) is 27.3 Å². The summed E-state index contributed by atoms with van der Waals surface area (Å²) in [5.41, 5.74) is 1.14. The van der Waals surface area contributed by atoms with Gasteiger partial charge >= 0.3 is 0 Å². The zero-order valence-electron chi connectivity index (χ0n) is 12.6. The van der Waals surface area contributed by atoms with Crippen LogP contribution in [0.3, 0.4) is 0 Å². The molecular formula is C18H25BrFN. The molecule has 2 fully saturated rings. The van der Waals surface area contributed by atoms with E-state index in [-0.39, 0.29) is 5.82 Å². The van der Waals surface area contributed by atoms with Crippen LogP contribution in [0.15, 0.2) is 22.7 Å². The zero-order chi connectivity index (χ0) is 14.7. The summed E-state index contributed by atoms with van der Waals surface area (Å²) in [6, 6.07) is 6.13. The third-order valence-corrected chi connectivity index (χ3v) is 5.44. The van der Waals surface area contributed by atoms with Crippen molar-refractivity contribution in [3.63, 3.8) is 0 Å². The van der Waals surface area contributed by atoms with Crippen molar-refractivity contribution < 1.29 is 4.39 Å². The van der Waals surface area contributed by atoms with Gasteiger partial charge in [0.05, 0.1) is 0 Å². The summed E-state index contributed by atoms with van der Waals surface area (Å²) < 4.78 is 14.4. The molecule has 3 heteroatoms. The molecule has 0 saturated heterocycles. The van der Waals surface area contributed by atoms with E-state index in [4.69, 9.17) is 0 Å². The molecule has 1 nitrogen and oxygen atoms in total. The van der Waals surface area contributed by atoms with Crippen molar-refractivity contribution in [3.8, 4) is 0 Å². The van der Waals surface area contributed by atoms with Crippen LogP contribution in [0.4, 0.5) is 4.39 Å². The molecule has 0 amide bonds. The quantitative estimate of drug-likeness (QED) is 0.727. The lowest BCUT2D eigenvalue weighted by atomic mass is 9.83. The van der Waals surface area contributed by atoms with Gasteiger partial charge in [0.2, 0.25) is 0 Å². The first kappa shape index (κ1) is 15.5. The lowest BCUT2D eigenvalue weighted by Crippen LogP contribution is -2.30. The molecule has 0 aromatic heterocycles. The van der Waals surface area contributed by atoms with Crippen LogP contribution >= 0.6 is 15.9 Å². The average Bonchev–Trinajstić information content (AvgIpc) is 3.23. The molecule has 0 spiro atoms. The predicted octanol–water partition coefficient (Wildman–Crippen LogP) is 5.08.